The highest BCUT2D eigenvalue weighted by Gasteiger charge is 2.32. The van der Waals surface area contributed by atoms with E-state index in [0.717, 1.165) is 5.56 Å². The van der Waals surface area contributed by atoms with Crippen molar-refractivity contribution in [3.05, 3.63) is 29.8 Å². The molecule has 86 valence electrons. The van der Waals surface area contributed by atoms with Gasteiger partial charge < -0.3 is 4.84 Å². The molecule has 16 heavy (non-hydrogen) atoms. The standard InChI is InChI=1S/C9H5Br4NO2/c10-8(9(11,12)13)6-3-1-2-4-7(6)16-14-5-15/h1-4,8H. The van der Waals surface area contributed by atoms with Crippen molar-refractivity contribution in [2.24, 2.45) is 5.16 Å². The fourth-order valence-corrected chi connectivity index (χ4v) is 2.14. The highest BCUT2D eigenvalue weighted by molar-refractivity contribution is 9.40. The topological polar surface area (TPSA) is 38.7 Å². The molecule has 0 spiro atoms. The van der Waals surface area contributed by atoms with Gasteiger partial charge in [0.1, 0.15) is 0 Å². The minimum Gasteiger partial charge on any atom is -0.346 e. The second-order valence-corrected chi connectivity index (χ2v) is 10.6. The minimum absolute atomic E-state index is 0.127. The maximum absolute atomic E-state index is 10.0. The van der Waals surface area contributed by atoms with E-state index in [0.29, 0.717) is 5.75 Å². The van der Waals surface area contributed by atoms with Crippen LogP contribution in [0, 0.1) is 0 Å². The number of benzene rings is 1. The van der Waals surface area contributed by atoms with Crippen molar-refractivity contribution in [3.8, 4) is 5.75 Å². The van der Waals surface area contributed by atoms with Crippen molar-refractivity contribution in [1.29, 1.82) is 0 Å². The Bertz CT molecular complexity index is 412. The van der Waals surface area contributed by atoms with Crippen LogP contribution in [0.2, 0.25) is 0 Å². The monoisotopic (exact) mass is 475 g/mol. The number of alkyl halides is 4. The first-order valence-electron chi connectivity index (χ1n) is 4.00. The van der Waals surface area contributed by atoms with Gasteiger partial charge in [-0.25, -0.2) is 4.79 Å². The normalized spacial score (nSPS) is 12.8. The Kier molecular flexibility index (Phi) is 5.67. The number of hydrogen-bond donors (Lipinski definition) is 0. The number of rotatable bonds is 3. The molecule has 0 aliphatic carbocycles. The first-order chi connectivity index (χ1) is 7.46. The Morgan fingerprint density at radius 1 is 1.31 bits per heavy atom. The average Bonchev–Trinajstić information content (AvgIpc) is 2.24. The fraction of sp³-hybridized carbons (Fsp3) is 0.222. The Hall–Kier alpha value is 0.320. The van der Waals surface area contributed by atoms with Gasteiger partial charge in [-0.3, -0.25) is 0 Å². The van der Waals surface area contributed by atoms with Crippen molar-refractivity contribution < 1.29 is 9.63 Å². The van der Waals surface area contributed by atoms with Crippen LogP contribution in [0.5, 0.6) is 5.75 Å². The molecule has 0 fully saturated rings. The second kappa shape index (κ2) is 6.31. The maximum atomic E-state index is 10.0. The summed E-state index contributed by atoms with van der Waals surface area (Å²) in [4.78, 5) is 14.8. The lowest BCUT2D eigenvalue weighted by atomic mass is 10.1. The van der Waals surface area contributed by atoms with Gasteiger partial charge >= 0.3 is 0 Å². The van der Waals surface area contributed by atoms with Crippen LogP contribution >= 0.6 is 63.7 Å². The first kappa shape index (κ1) is 14.4. The summed E-state index contributed by atoms with van der Waals surface area (Å²) in [6, 6.07) is 7.22. The lowest BCUT2D eigenvalue weighted by molar-refractivity contribution is 0.333. The zero-order valence-electron chi connectivity index (χ0n) is 7.66. The van der Waals surface area contributed by atoms with Gasteiger partial charge in [-0.15, -0.1) is 0 Å². The zero-order chi connectivity index (χ0) is 12.2. The molecule has 1 aromatic rings. The number of nitrogens with zero attached hydrogens (tertiary/aromatic N) is 1. The fourth-order valence-electron chi connectivity index (χ4n) is 1.02. The molecule has 0 aromatic heterocycles. The van der Waals surface area contributed by atoms with Gasteiger partial charge in [-0.1, -0.05) is 81.9 Å². The lowest BCUT2D eigenvalue weighted by Gasteiger charge is -2.21. The van der Waals surface area contributed by atoms with Crippen LogP contribution in [0.25, 0.3) is 0 Å². The van der Waals surface area contributed by atoms with Crippen molar-refractivity contribution in [1.82, 2.24) is 0 Å². The summed E-state index contributed by atoms with van der Waals surface area (Å²) in [5.41, 5.74) is 0.826. The maximum Gasteiger partial charge on any atom is 0.277 e. The van der Waals surface area contributed by atoms with Gasteiger partial charge in [-0.2, -0.15) is 0 Å². The molecule has 1 rings (SSSR count). The largest absolute Gasteiger partial charge is 0.346 e. The highest BCUT2D eigenvalue weighted by atomic mass is 80.0. The van der Waals surface area contributed by atoms with E-state index in [1.165, 1.54) is 6.08 Å². The third kappa shape index (κ3) is 3.96. The van der Waals surface area contributed by atoms with E-state index < -0.39 is 2.14 Å². The molecule has 0 saturated heterocycles. The highest BCUT2D eigenvalue weighted by Crippen LogP contribution is 2.51. The van der Waals surface area contributed by atoms with E-state index in [4.69, 9.17) is 4.84 Å². The zero-order valence-corrected chi connectivity index (χ0v) is 14.0. The minimum atomic E-state index is -0.517. The van der Waals surface area contributed by atoms with Gasteiger partial charge in [0.15, 0.2) is 7.89 Å². The Labute approximate surface area is 126 Å². The van der Waals surface area contributed by atoms with Gasteiger partial charge in [0.05, 0.1) is 4.83 Å². The van der Waals surface area contributed by atoms with Crippen LogP contribution in [0.1, 0.15) is 10.4 Å². The smallest absolute Gasteiger partial charge is 0.277 e. The molecule has 0 aliphatic rings. The van der Waals surface area contributed by atoms with Crippen LogP contribution in [0.3, 0.4) is 0 Å². The van der Waals surface area contributed by atoms with Gasteiger partial charge in [0.2, 0.25) is 0 Å². The molecule has 1 atom stereocenters. The van der Waals surface area contributed by atoms with Gasteiger partial charge in [0.25, 0.3) is 6.08 Å². The molecular weight excluding hydrogens is 474 g/mol. The van der Waals surface area contributed by atoms with Crippen molar-refractivity contribution in [3.63, 3.8) is 0 Å². The van der Waals surface area contributed by atoms with E-state index in [2.05, 4.69) is 68.9 Å². The van der Waals surface area contributed by atoms with E-state index >= 15 is 0 Å². The predicted octanol–water partition coefficient (Wildman–Crippen LogP) is 4.59. The van der Waals surface area contributed by atoms with Crippen LogP contribution in [-0.4, -0.2) is 8.22 Å². The molecule has 0 bridgehead atoms. The van der Waals surface area contributed by atoms with Crippen LogP contribution in [0.4, 0.5) is 0 Å². The van der Waals surface area contributed by atoms with Crippen LogP contribution < -0.4 is 4.84 Å². The molecule has 0 aliphatic heterocycles. The molecular formula is C9H5Br4NO2. The first-order valence-corrected chi connectivity index (χ1v) is 7.30. The summed E-state index contributed by atoms with van der Waals surface area (Å²) in [7, 11) is 0. The number of hydrogen-bond acceptors (Lipinski definition) is 3. The molecule has 1 aromatic carbocycles. The average molecular weight is 479 g/mol. The lowest BCUT2D eigenvalue weighted by Crippen LogP contribution is -2.09. The number of halogens is 4. The summed E-state index contributed by atoms with van der Waals surface area (Å²) in [5.74, 6) is 0.482. The molecule has 0 N–H and O–H groups in total. The summed E-state index contributed by atoms with van der Waals surface area (Å²) in [5, 5.41) is 3.09. The van der Waals surface area contributed by atoms with E-state index in [9.17, 15) is 4.79 Å². The van der Waals surface area contributed by atoms with Gasteiger partial charge in [0, 0.05) is 10.7 Å². The van der Waals surface area contributed by atoms with E-state index in [1.54, 1.807) is 12.1 Å². The molecule has 0 saturated carbocycles. The van der Waals surface area contributed by atoms with Gasteiger partial charge in [-0.05, 0) is 6.07 Å². The Morgan fingerprint density at radius 2 is 1.94 bits per heavy atom. The van der Waals surface area contributed by atoms with E-state index in [-0.39, 0.29) is 4.83 Å². The molecule has 3 nitrogen and oxygen atoms in total. The molecule has 0 radical (unpaired) electrons. The third-order valence-electron chi connectivity index (χ3n) is 1.66. The molecule has 1 unspecified atom stereocenters. The molecule has 0 amide bonds. The SMILES string of the molecule is O=C=NOc1ccccc1C(Br)C(Br)(Br)Br. The quantitative estimate of drug-likeness (QED) is 0.276. The third-order valence-corrected chi connectivity index (χ3v) is 6.06. The summed E-state index contributed by atoms with van der Waals surface area (Å²) < 4.78 is -0.517. The van der Waals surface area contributed by atoms with Crippen molar-refractivity contribution in [2.45, 2.75) is 6.97 Å². The second-order valence-electron chi connectivity index (χ2n) is 2.72. The predicted molar refractivity (Wildman–Crippen MR) is 76.4 cm³/mol. The number of para-hydroxylation sites is 1. The van der Waals surface area contributed by atoms with E-state index in [1.807, 2.05) is 12.1 Å². The Balaban J connectivity index is 3.07. The number of carbonyl (C=O) groups excluding carboxylic acids is 1. The number of isocyanates is 1. The van der Waals surface area contributed by atoms with Crippen molar-refractivity contribution in [2.75, 3.05) is 0 Å². The summed E-state index contributed by atoms with van der Waals surface area (Å²) >= 11 is 13.7. The van der Waals surface area contributed by atoms with Crippen LogP contribution in [0.15, 0.2) is 29.4 Å². The van der Waals surface area contributed by atoms with Crippen LogP contribution in [-0.2, 0) is 4.79 Å². The molecule has 7 heteroatoms. The summed E-state index contributed by atoms with van der Waals surface area (Å²) in [6.45, 7) is 0. The van der Waals surface area contributed by atoms with Crippen molar-refractivity contribution >= 4 is 69.8 Å². The Morgan fingerprint density at radius 3 is 2.50 bits per heavy atom. The summed E-state index contributed by atoms with van der Waals surface area (Å²) in [6.07, 6.45) is 1.32. The molecule has 0 heterocycles.